The standard InChI is InChI=1S/C15H18N2O2S/c1-17(13-6-9-20-11-13)15(19)14-5-7-16-10-12(14)4-2-3-8-18/h5,7,10,13,18H,3,6,8-9,11H2,1H3. The lowest BCUT2D eigenvalue weighted by atomic mass is 10.1. The molecule has 1 aliphatic heterocycles. The van der Waals surface area contributed by atoms with Gasteiger partial charge in [-0.1, -0.05) is 11.8 Å². The average molecular weight is 290 g/mol. The molecule has 0 aliphatic carbocycles. The van der Waals surface area contributed by atoms with Crippen LogP contribution >= 0.6 is 11.8 Å². The predicted molar refractivity (Wildman–Crippen MR) is 80.6 cm³/mol. The number of thioether (sulfide) groups is 1. The van der Waals surface area contributed by atoms with E-state index in [2.05, 4.69) is 16.8 Å². The van der Waals surface area contributed by atoms with Crippen molar-refractivity contribution in [2.75, 3.05) is 25.2 Å². The number of amides is 1. The van der Waals surface area contributed by atoms with Gasteiger partial charge >= 0.3 is 0 Å². The Morgan fingerprint density at radius 2 is 2.50 bits per heavy atom. The summed E-state index contributed by atoms with van der Waals surface area (Å²) in [5, 5.41) is 8.76. The lowest BCUT2D eigenvalue weighted by molar-refractivity contribution is 0.0747. The second-order valence-electron chi connectivity index (χ2n) is 4.63. The van der Waals surface area contributed by atoms with E-state index in [0.717, 1.165) is 17.9 Å². The Hall–Kier alpha value is -1.51. The number of aliphatic hydroxyl groups excluding tert-OH is 1. The summed E-state index contributed by atoms with van der Waals surface area (Å²) < 4.78 is 0. The molecule has 1 aromatic heterocycles. The average Bonchev–Trinajstić information content (AvgIpc) is 3.01. The molecule has 0 spiro atoms. The lowest BCUT2D eigenvalue weighted by Crippen LogP contribution is -2.37. The largest absolute Gasteiger partial charge is 0.395 e. The lowest BCUT2D eigenvalue weighted by Gasteiger charge is -2.24. The molecule has 1 N–H and O–H groups in total. The fourth-order valence-corrected chi connectivity index (χ4v) is 3.35. The molecular formula is C15H18N2O2S. The third-order valence-corrected chi connectivity index (χ3v) is 4.43. The maximum atomic E-state index is 12.6. The molecule has 5 heteroatoms. The van der Waals surface area contributed by atoms with Gasteiger partial charge in [-0.2, -0.15) is 11.8 Å². The van der Waals surface area contributed by atoms with Crippen molar-refractivity contribution in [2.24, 2.45) is 0 Å². The molecule has 0 radical (unpaired) electrons. The Kier molecular flexibility index (Phi) is 5.45. The molecule has 1 unspecified atom stereocenters. The summed E-state index contributed by atoms with van der Waals surface area (Å²) in [6.07, 6.45) is 4.66. The van der Waals surface area contributed by atoms with Gasteiger partial charge in [0.2, 0.25) is 0 Å². The first-order chi connectivity index (χ1) is 9.74. The van der Waals surface area contributed by atoms with Crippen molar-refractivity contribution in [1.29, 1.82) is 0 Å². The summed E-state index contributed by atoms with van der Waals surface area (Å²) in [5.74, 6) is 7.86. The van der Waals surface area contributed by atoms with Crippen molar-refractivity contribution >= 4 is 17.7 Å². The van der Waals surface area contributed by atoms with Gasteiger partial charge in [0, 0.05) is 37.7 Å². The zero-order valence-electron chi connectivity index (χ0n) is 11.5. The van der Waals surface area contributed by atoms with Crippen molar-refractivity contribution < 1.29 is 9.90 Å². The first-order valence-corrected chi connectivity index (χ1v) is 7.78. The SMILES string of the molecule is CN(C(=O)c1ccncc1C#CCCO)C1CCSC1. The van der Waals surface area contributed by atoms with Gasteiger partial charge < -0.3 is 10.0 Å². The van der Waals surface area contributed by atoms with Crippen LogP contribution in [-0.4, -0.2) is 52.1 Å². The highest BCUT2D eigenvalue weighted by molar-refractivity contribution is 7.99. The van der Waals surface area contributed by atoms with Crippen LogP contribution < -0.4 is 0 Å². The third-order valence-electron chi connectivity index (χ3n) is 3.29. The van der Waals surface area contributed by atoms with E-state index < -0.39 is 0 Å². The summed E-state index contributed by atoms with van der Waals surface area (Å²) in [4.78, 5) is 18.4. The highest BCUT2D eigenvalue weighted by atomic mass is 32.2. The first-order valence-electron chi connectivity index (χ1n) is 6.62. The summed E-state index contributed by atoms with van der Waals surface area (Å²) >= 11 is 1.88. The zero-order valence-corrected chi connectivity index (χ0v) is 12.3. The topological polar surface area (TPSA) is 53.4 Å². The number of hydrogen-bond donors (Lipinski definition) is 1. The van der Waals surface area contributed by atoms with Gasteiger partial charge in [-0.3, -0.25) is 9.78 Å². The number of aromatic nitrogens is 1. The molecule has 1 amide bonds. The number of hydrogen-bond acceptors (Lipinski definition) is 4. The fourth-order valence-electron chi connectivity index (χ4n) is 2.08. The van der Waals surface area contributed by atoms with Crippen LogP contribution in [0.5, 0.6) is 0 Å². The minimum Gasteiger partial charge on any atom is -0.395 e. The molecule has 20 heavy (non-hydrogen) atoms. The second-order valence-corrected chi connectivity index (χ2v) is 5.78. The molecule has 1 fully saturated rings. The van der Waals surface area contributed by atoms with Crippen LogP contribution in [0.3, 0.4) is 0 Å². The van der Waals surface area contributed by atoms with E-state index in [1.165, 1.54) is 0 Å². The van der Waals surface area contributed by atoms with E-state index in [1.807, 2.05) is 23.7 Å². The molecule has 1 atom stereocenters. The minimum absolute atomic E-state index is 0.00630. The normalized spacial score (nSPS) is 17.4. The van der Waals surface area contributed by atoms with Gasteiger partial charge in [0.1, 0.15) is 0 Å². The zero-order chi connectivity index (χ0) is 14.4. The number of nitrogens with zero attached hydrogens (tertiary/aromatic N) is 2. The Bertz CT molecular complexity index is 530. The van der Waals surface area contributed by atoms with Crippen LogP contribution in [0.15, 0.2) is 18.5 Å². The molecule has 1 saturated heterocycles. The van der Waals surface area contributed by atoms with Crippen molar-refractivity contribution in [1.82, 2.24) is 9.88 Å². The minimum atomic E-state index is -0.00630. The van der Waals surface area contributed by atoms with Crippen molar-refractivity contribution in [3.8, 4) is 11.8 Å². The summed E-state index contributed by atoms with van der Waals surface area (Å²) in [5.41, 5.74) is 1.22. The molecule has 2 heterocycles. The Labute approximate surface area is 123 Å². The quantitative estimate of drug-likeness (QED) is 0.855. The van der Waals surface area contributed by atoms with E-state index in [1.54, 1.807) is 18.5 Å². The Morgan fingerprint density at radius 3 is 3.20 bits per heavy atom. The monoisotopic (exact) mass is 290 g/mol. The van der Waals surface area contributed by atoms with Gasteiger partial charge in [-0.25, -0.2) is 0 Å². The highest BCUT2D eigenvalue weighted by Gasteiger charge is 2.25. The third kappa shape index (κ3) is 3.53. The van der Waals surface area contributed by atoms with Crippen molar-refractivity contribution in [3.05, 3.63) is 29.6 Å². The number of rotatable bonds is 3. The summed E-state index contributed by atoms with van der Waals surface area (Å²) in [6, 6.07) is 2.02. The van der Waals surface area contributed by atoms with Crippen molar-refractivity contribution in [2.45, 2.75) is 18.9 Å². The van der Waals surface area contributed by atoms with Crippen LogP contribution in [0.2, 0.25) is 0 Å². The fraction of sp³-hybridized carbons (Fsp3) is 0.467. The summed E-state index contributed by atoms with van der Waals surface area (Å²) in [7, 11) is 1.85. The van der Waals surface area contributed by atoms with Crippen LogP contribution in [-0.2, 0) is 0 Å². The number of aliphatic hydroxyl groups is 1. The van der Waals surface area contributed by atoms with Gasteiger partial charge in [-0.15, -0.1) is 0 Å². The second kappa shape index (κ2) is 7.32. The summed E-state index contributed by atoms with van der Waals surface area (Å²) in [6.45, 7) is 0.0236. The molecule has 1 aromatic rings. The molecule has 106 valence electrons. The molecule has 1 aliphatic rings. The predicted octanol–water partition coefficient (Wildman–Crippen LogP) is 1.39. The molecular weight excluding hydrogens is 272 g/mol. The van der Waals surface area contributed by atoms with Gasteiger partial charge in [0.05, 0.1) is 17.7 Å². The van der Waals surface area contributed by atoms with Crippen LogP contribution in [0.4, 0.5) is 0 Å². The van der Waals surface area contributed by atoms with E-state index in [-0.39, 0.29) is 12.5 Å². The number of carbonyl (C=O) groups is 1. The van der Waals surface area contributed by atoms with Crippen molar-refractivity contribution in [3.63, 3.8) is 0 Å². The smallest absolute Gasteiger partial charge is 0.255 e. The van der Waals surface area contributed by atoms with Gasteiger partial charge in [-0.05, 0) is 18.2 Å². The highest BCUT2D eigenvalue weighted by Crippen LogP contribution is 2.23. The van der Waals surface area contributed by atoms with Gasteiger partial charge in [0.15, 0.2) is 0 Å². The van der Waals surface area contributed by atoms with Crippen LogP contribution in [0.25, 0.3) is 0 Å². The van der Waals surface area contributed by atoms with Crippen LogP contribution in [0, 0.1) is 11.8 Å². The van der Waals surface area contributed by atoms with E-state index in [0.29, 0.717) is 23.6 Å². The van der Waals surface area contributed by atoms with E-state index >= 15 is 0 Å². The van der Waals surface area contributed by atoms with Crippen LogP contribution in [0.1, 0.15) is 28.8 Å². The molecule has 4 nitrogen and oxygen atoms in total. The number of pyridine rings is 1. The van der Waals surface area contributed by atoms with E-state index in [4.69, 9.17) is 5.11 Å². The van der Waals surface area contributed by atoms with E-state index in [9.17, 15) is 4.79 Å². The first kappa shape index (κ1) is 14.9. The molecule has 0 bridgehead atoms. The Morgan fingerprint density at radius 1 is 1.65 bits per heavy atom. The number of carbonyl (C=O) groups excluding carboxylic acids is 1. The molecule has 2 rings (SSSR count). The Balaban J connectivity index is 2.19. The van der Waals surface area contributed by atoms with Gasteiger partial charge in [0.25, 0.3) is 5.91 Å². The molecule has 0 aromatic carbocycles. The molecule has 0 saturated carbocycles. The maximum absolute atomic E-state index is 12.6. The maximum Gasteiger partial charge on any atom is 0.255 e.